The van der Waals surface area contributed by atoms with Gasteiger partial charge in [-0.25, -0.2) is 0 Å². The lowest BCUT2D eigenvalue weighted by molar-refractivity contribution is -0.107. The lowest BCUT2D eigenvalue weighted by atomic mass is 10.1. The van der Waals surface area contributed by atoms with Crippen molar-refractivity contribution >= 4 is 29.5 Å². The summed E-state index contributed by atoms with van der Waals surface area (Å²) in [5, 5.41) is 0.602. The Morgan fingerprint density at radius 3 is 2.46 bits per heavy atom. The Labute approximate surface area is 87.7 Å². The van der Waals surface area contributed by atoms with Crippen molar-refractivity contribution in [3.8, 4) is 0 Å². The minimum atomic E-state index is -0.0949. The van der Waals surface area contributed by atoms with Crippen LogP contribution in [-0.4, -0.2) is 6.29 Å². The van der Waals surface area contributed by atoms with Crippen LogP contribution in [0, 0.1) is 0 Å². The summed E-state index contributed by atoms with van der Waals surface area (Å²) in [6.45, 7) is 0. The maximum Gasteiger partial charge on any atom is 0.120 e. The molecule has 13 heavy (non-hydrogen) atoms. The van der Waals surface area contributed by atoms with Gasteiger partial charge in [0.1, 0.15) is 6.29 Å². The van der Waals surface area contributed by atoms with E-state index in [0.29, 0.717) is 17.9 Å². The normalized spacial score (nSPS) is 12.5. The highest BCUT2D eigenvalue weighted by Crippen LogP contribution is 2.25. The minimum Gasteiger partial charge on any atom is -0.303 e. The predicted molar refractivity (Wildman–Crippen MR) is 55.3 cm³/mol. The number of alkyl halides is 1. The van der Waals surface area contributed by atoms with Gasteiger partial charge in [0, 0.05) is 11.4 Å². The lowest BCUT2D eigenvalue weighted by Crippen LogP contribution is -1.90. The van der Waals surface area contributed by atoms with Crippen molar-refractivity contribution in [1.29, 1.82) is 0 Å². The third-order valence-electron chi connectivity index (χ3n) is 1.77. The summed E-state index contributed by atoms with van der Waals surface area (Å²) in [6, 6.07) is 7.36. The van der Waals surface area contributed by atoms with E-state index in [0.717, 1.165) is 11.8 Å². The summed E-state index contributed by atoms with van der Waals surface area (Å²) in [7, 11) is 0. The van der Waals surface area contributed by atoms with E-state index in [4.69, 9.17) is 23.2 Å². The van der Waals surface area contributed by atoms with Gasteiger partial charge in [0.15, 0.2) is 0 Å². The molecule has 0 aliphatic carbocycles. The smallest absolute Gasteiger partial charge is 0.120 e. The van der Waals surface area contributed by atoms with Gasteiger partial charge in [0.25, 0.3) is 0 Å². The van der Waals surface area contributed by atoms with E-state index in [2.05, 4.69) is 0 Å². The molecule has 0 bridgehead atoms. The summed E-state index contributed by atoms with van der Waals surface area (Å²) in [6.07, 6.45) is 2.05. The van der Waals surface area contributed by atoms with E-state index >= 15 is 0 Å². The van der Waals surface area contributed by atoms with Crippen molar-refractivity contribution in [1.82, 2.24) is 0 Å². The molecule has 0 aromatic heterocycles. The fourth-order valence-electron chi connectivity index (χ4n) is 1.05. The van der Waals surface area contributed by atoms with Gasteiger partial charge in [0.2, 0.25) is 0 Å². The molecule has 1 unspecified atom stereocenters. The molecule has 0 fully saturated rings. The summed E-state index contributed by atoms with van der Waals surface area (Å²) in [5.74, 6) is 0. The van der Waals surface area contributed by atoms with E-state index < -0.39 is 0 Å². The number of hydrogen-bond donors (Lipinski definition) is 0. The molecular weight excluding hydrogens is 207 g/mol. The van der Waals surface area contributed by atoms with Crippen LogP contribution in [0.3, 0.4) is 0 Å². The molecule has 0 radical (unpaired) electrons. The average molecular weight is 217 g/mol. The first-order valence-corrected chi connectivity index (χ1v) is 4.88. The van der Waals surface area contributed by atoms with Crippen molar-refractivity contribution in [3.05, 3.63) is 34.9 Å². The Morgan fingerprint density at radius 2 is 1.92 bits per heavy atom. The quantitative estimate of drug-likeness (QED) is 0.556. The van der Waals surface area contributed by atoms with Crippen LogP contribution in [0.5, 0.6) is 0 Å². The Morgan fingerprint density at radius 1 is 1.31 bits per heavy atom. The van der Waals surface area contributed by atoms with Gasteiger partial charge < -0.3 is 4.79 Å². The first-order valence-electron chi connectivity index (χ1n) is 4.07. The number of hydrogen-bond acceptors (Lipinski definition) is 1. The van der Waals surface area contributed by atoms with E-state index in [1.807, 2.05) is 12.1 Å². The van der Waals surface area contributed by atoms with Crippen molar-refractivity contribution in [2.24, 2.45) is 0 Å². The Hall–Kier alpha value is -0.530. The zero-order valence-corrected chi connectivity index (χ0v) is 8.55. The molecule has 1 aromatic carbocycles. The van der Waals surface area contributed by atoms with Gasteiger partial charge in [-0.2, -0.15) is 0 Å². The number of benzene rings is 1. The van der Waals surface area contributed by atoms with Gasteiger partial charge in [-0.05, 0) is 24.1 Å². The number of aldehydes is 1. The van der Waals surface area contributed by atoms with Crippen LogP contribution in [0.25, 0.3) is 0 Å². The molecule has 1 nitrogen and oxygen atoms in total. The zero-order valence-electron chi connectivity index (χ0n) is 7.04. The predicted octanol–water partition coefficient (Wildman–Crippen LogP) is 3.60. The number of carbonyl (C=O) groups excluding carboxylic acids is 1. The average Bonchev–Trinajstić information content (AvgIpc) is 2.15. The molecule has 0 amide bonds. The molecule has 70 valence electrons. The summed E-state index contributed by atoms with van der Waals surface area (Å²) >= 11 is 11.8. The molecule has 1 rings (SSSR count). The van der Waals surface area contributed by atoms with Crippen LogP contribution in [0.15, 0.2) is 24.3 Å². The maximum atomic E-state index is 10.1. The number of halogens is 2. The molecule has 3 heteroatoms. The molecular formula is C10H10Cl2O. The molecule has 1 aromatic rings. The molecule has 0 saturated carbocycles. The summed E-state index contributed by atoms with van der Waals surface area (Å²) in [5.41, 5.74) is 1.01. The molecule has 0 spiro atoms. The Balaban J connectivity index is 2.60. The van der Waals surface area contributed by atoms with E-state index in [9.17, 15) is 4.79 Å². The topological polar surface area (TPSA) is 17.1 Å². The van der Waals surface area contributed by atoms with Gasteiger partial charge in [-0.3, -0.25) is 0 Å². The largest absolute Gasteiger partial charge is 0.303 e. The maximum absolute atomic E-state index is 10.1. The third kappa shape index (κ3) is 3.37. The monoisotopic (exact) mass is 216 g/mol. The highest BCUT2D eigenvalue weighted by Gasteiger charge is 2.06. The van der Waals surface area contributed by atoms with Crippen LogP contribution in [0.2, 0.25) is 5.02 Å². The Kier molecular flexibility index (Phi) is 4.26. The van der Waals surface area contributed by atoms with Gasteiger partial charge in [-0.15, -0.1) is 11.6 Å². The fourth-order valence-corrected chi connectivity index (χ4v) is 1.45. The van der Waals surface area contributed by atoms with Crippen molar-refractivity contribution in [2.75, 3.05) is 0 Å². The number of rotatable bonds is 4. The first kappa shape index (κ1) is 10.6. The third-order valence-corrected chi connectivity index (χ3v) is 2.49. The summed E-state index contributed by atoms with van der Waals surface area (Å²) < 4.78 is 0. The second-order valence-electron chi connectivity index (χ2n) is 2.76. The van der Waals surface area contributed by atoms with E-state index in [-0.39, 0.29) is 5.38 Å². The molecule has 0 aliphatic heterocycles. The highest BCUT2D eigenvalue weighted by molar-refractivity contribution is 6.30. The SMILES string of the molecule is O=CCCC(Cl)c1ccc(Cl)cc1. The standard InChI is InChI=1S/C10H10Cl2O/c11-9-5-3-8(4-6-9)10(12)2-1-7-13/h3-7,10H,1-2H2. The fraction of sp³-hybridized carbons (Fsp3) is 0.300. The van der Waals surface area contributed by atoms with Crippen LogP contribution in [-0.2, 0) is 4.79 Å². The Bertz CT molecular complexity index is 269. The van der Waals surface area contributed by atoms with Gasteiger partial charge in [-0.1, -0.05) is 23.7 Å². The molecule has 0 aliphatic rings. The van der Waals surface area contributed by atoms with Crippen LogP contribution in [0.4, 0.5) is 0 Å². The van der Waals surface area contributed by atoms with Gasteiger partial charge in [0.05, 0.1) is 5.38 Å². The molecule has 0 saturated heterocycles. The van der Waals surface area contributed by atoms with E-state index in [1.165, 1.54) is 0 Å². The second kappa shape index (κ2) is 5.25. The van der Waals surface area contributed by atoms with E-state index in [1.54, 1.807) is 12.1 Å². The van der Waals surface area contributed by atoms with Crippen molar-refractivity contribution in [2.45, 2.75) is 18.2 Å². The first-order chi connectivity index (χ1) is 6.24. The van der Waals surface area contributed by atoms with Crippen molar-refractivity contribution in [3.63, 3.8) is 0 Å². The van der Waals surface area contributed by atoms with Crippen LogP contribution in [0.1, 0.15) is 23.8 Å². The lowest BCUT2D eigenvalue weighted by Gasteiger charge is -2.07. The minimum absolute atomic E-state index is 0.0949. The van der Waals surface area contributed by atoms with Gasteiger partial charge >= 0.3 is 0 Å². The number of carbonyl (C=O) groups is 1. The molecule has 0 heterocycles. The van der Waals surface area contributed by atoms with Crippen LogP contribution >= 0.6 is 23.2 Å². The second-order valence-corrected chi connectivity index (χ2v) is 3.73. The van der Waals surface area contributed by atoms with Crippen molar-refractivity contribution < 1.29 is 4.79 Å². The highest BCUT2D eigenvalue weighted by atomic mass is 35.5. The molecule has 0 N–H and O–H groups in total. The molecule has 1 atom stereocenters. The summed E-state index contributed by atoms with van der Waals surface area (Å²) in [4.78, 5) is 10.1. The zero-order chi connectivity index (χ0) is 9.68. The van der Waals surface area contributed by atoms with Crippen LogP contribution < -0.4 is 0 Å².